The number of nitrogens with zero attached hydrogens (tertiary/aromatic N) is 1. The van der Waals surface area contributed by atoms with E-state index >= 15 is 0 Å². The summed E-state index contributed by atoms with van der Waals surface area (Å²) in [6.07, 6.45) is 8.99. The average molecular weight is 357 g/mol. The van der Waals surface area contributed by atoms with Gasteiger partial charge in [-0.15, -0.1) is 0 Å². The minimum absolute atomic E-state index is 0.0345. The first kappa shape index (κ1) is 20.2. The number of ketones is 1. The Balaban J connectivity index is 1.74. The molecule has 0 amide bonds. The maximum Gasteiger partial charge on any atom is 0.196 e. The highest BCUT2D eigenvalue weighted by atomic mass is 16.5. The van der Waals surface area contributed by atoms with Gasteiger partial charge in [0.25, 0.3) is 0 Å². The molecule has 0 saturated heterocycles. The van der Waals surface area contributed by atoms with Gasteiger partial charge in [-0.05, 0) is 62.7 Å². The van der Waals surface area contributed by atoms with E-state index in [1.165, 1.54) is 51.3 Å². The number of carbonyl (C=O) groups excluding carboxylic acids is 1. The minimum atomic E-state index is -0.0345. The Morgan fingerprint density at radius 1 is 0.923 bits per heavy atom. The molecule has 1 aromatic carbocycles. The molecule has 0 saturated carbocycles. The van der Waals surface area contributed by atoms with Crippen LogP contribution in [0.15, 0.2) is 47.3 Å². The fourth-order valence-corrected chi connectivity index (χ4v) is 2.84. The van der Waals surface area contributed by atoms with Gasteiger partial charge in [-0.25, -0.2) is 0 Å². The van der Waals surface area contributed by atoms with Crippen LogP contribution in [0.25, 0.3) is 0 Å². The number of benzene rings is 1. The Hall–Kier alpha value is -2.07. The third-order valence-corrected chi connectivity index (χ3v) is 4.44. The molecule has 0 unspecified atom stereocenters. The molecule has 0 N–H and O–H groups in total. The van der Waals surface area contributed by atoms with Gasteiger partial charge >= 0.3 is 0 Å². The van der Waals surface area contributed by atoms with Gasteiger partial charge in [0.05, 0.1) is 18.4 Å². The maximum absolute atomic E-state index is 12.2. The molecule has 1 aromatic heterocycles. The Bertz CT molecular complexity index is 611. The Labute approximate surface area is 157 Å². The third kappa shape index (κ3) is 6.68. The van der Waals surface area contributed by atoms with Crippen molar-refractivity contribution in [2.45, 2.75) is 46.0 Å². The van der Waals surface area contributed by atoms with Gasteiger partial charge < -0.3 is 14.1 Å². The Morgan fingerprint density at radius 2 is 1.58 bits per heavy atom. The molecule has 0 aliphatic rings. The molecule has 142 valence electrons. The van der Waals surface area contributed by atoms with Crippen molar-refractivity contribution in [3.63, 3.8) is 0 Å². The summed E-state index contributed by atoms with van der Waals surface area (Å²) in [5.74, 6) is 0.773. The number of rotatable bonds is 13. The first-order valence-corrected chi connectivity index (χ1v) is 9.76. The van der Waals surface area contributed by atoms with Crippen LogP contribution in [0.1, 0.15) is 61.9 Å². The second kappa shape index (κ2) is 11.5. The summed E-state index contributed by atoms with van der Waals surface area (Å²) >= 11 is 0. The van der Waals surface area contributed by atoms with Crippen LogP contribution in [-0.2, 0) is 0 Å². The number of furan rings is 1. The smallest absolute Gasteiger partial charge is 0.196 e. The lowest BCUT2D eigenvalue weighted by molar-refractivity contribution is 0.103. The van der Waals surface area contributed by atoms with Crippen LogP contribution in [0, 0.1) is 0 Å². The lowest BCUT2D eigenvalue weighted by Gasteiger charge is -2.21. The van der Waals surface area contributed by atoms with Crippen LogP contribution in [-0.4, -0.2) is 36.9 Å². The fraction of sp³-hybridized carbons (Fsp3) is 0.500. The first-order valence-electron chi connectivity index (χ1n) is 9.76. The van der Waals surface area contributed by atoms with Crippen molar-refractivity contribution < 1.29 is 13.9 Å². The highest BCUT2D eigenvalue weighted by Crippen LogP contribution is 2.16. The lowest BCUT2D eigenvalue weighted by Crippen LogP contribution is -2.28. The van der Waals surface area contributed by atoms with Gasteiger partial charge in [0.2, 0.25) is 0 Å². The van der Waals surface area contributed by atoms with Gasteiger partial charge in [-0.3, -0.25) is 4.79 Å². The average Bonchev–Trinajstić information content (AvgIpc) is 3.21. The highest BCUT2D eigenvalue weighted by molar-refractivity contribution is 6.08. The van der Waals surface area contributed by atoms with Crippen molar-refractivity contribution in [2.24, 2.45) is 0 Å². The quantitative estimate of drug-likeness (QED) is 0.366. The van der Waals surface area contributed by atoms with E-state index in [0.717, 1.165) is 18.7 Å². The second-order valence-electron chi connectivity index (χ2n) is 6.62. The van der Waals surface area contributed by atoms with Gasteiger partial charge in [0, 0.05) is 12.1 Å². The summed E-state index contributed by atoms with van der Waals surface area (Å²) in [5.41, 5.74) is 1.21. The van der Waals surface area contributed by atoms with Crippen LogP contribution >= 0.6 is 0 Å². The van der Waals surface area contributed by atoms with Crippen LogP contribution in [0.5, 0.6) is 5.75 Å². The molecular weight excluding hydrogens is 326 g/mol. The van der Waals surface area contributed by atoms with Crippen molar-refractivity contribution in [3.05, 3.63) is 54.0 Å². The van der Waals surface area contributed by atoms with Gasteiger partial charge in [0.1, 0.15) is 12.0 Å². The normalized spacial score (nSPS) is 11.0. The van der Waals surface area contributed by atoms with E-state index < -0.39 is 0 Å². The molecule has 4 nitrogen and oxygen atoms in total. The second-order valence-corrected chi connectivity index (χ2v) is 6.62. The number of carbonyl (C=O) groups is 1. The number of ether oxygens (including phenoxy) is 1. The maximum atomic E-state index is 12.2. The monoisotopic (exact) mass is 357 g/mol. The van der Waals surface area contributed by atoms with Gasteiger partial charge in [-0.2, -0.15) is 0 Å². The van der Waals surface area contributed by atoms with Crippen molar-refractivity contribution in [2.75, 3.05) is 26.2 Å². The van der Waals surface area contributed by atoms with E-state index in [-0.39, 0.29) is 5.78 Å². The molecule has 26 heavy (non-hydrogen) atoms. The molecule has 0 aliphatic carbocycles. The van der Waals surface area contributed by atoms with E-state index in [9.17, 15) is 4.79 Å². The van der Waals surface area contributed by atoms with E-state index in [1.807, 2.05) is 12.1 Å². The Morgan fingerprint density at radius 3 is 2.15 bits per heavy atom. The summed E-state index contributed by atoms with van der Waals surface area (Å²) < 4.78 is 10.8. The number of hydrogen-bond acceptors (Lipinski definition) is 4. The van der Waals surface area contributed by atoms with Crippen molar-refractivity contribution in [3.8, 4) is 5.75 Å². The number of hydrogen-bond donors (Lipinski definition) is 0. The standard InChI is InChI=1S/C22H31NO3/c1-3-5-13-23(14-6-4-2)15-7-16-26-21-10-8-19(9-11-21)22(24)20-12-17-25-18-20/h8-12,17-18H,3-7,13-16H2,1-2H3. The molecule has 0 fully saturated rings. The largest absolute Gasteiger partial charge is 0.494 e. The molecule has 1 heterocycles. The molecule has 2 aromatic rings. The SMILES string of the molecule is CCCCN(CCCC)CCCOc1ccc(C(=O)c2ccoc2)cc1. The molecule has 0 atom stereocenters. The van der Waals surface area contributed by atoms with Gasteiger partial charge in [-0.1, -0.05) is 26.7 Å². The summed E-state index contributed by atoms with van der Waals surface area (Å²) in [6, 6.07) is 9.01. The molecule has 0 aliphatic heterocycles. The van der Waals surface area contributed by atoms with E-state index in [4.69, 9.17) is 9.15 Å². The molecule has 2 rings (SSSR count). The minimum Gasteiger partial charge on any atom is -0.494 e. The van der Waals surface area contributed by atoms with Crippen molar-refractivity contribution >= 4 is 5.78 Å². The topological polar surface area (TPSA) is 42.7 Å². The van der Waals surface area contributed by atoms with Crippen LogP contribution < -0.4 is 4.74 Å². The Kier molecular flexibility index (Phi) is 8.98. The molecule has 4 heteroatoms. The van der Waals surface area contributed by atoms with Crippen LogP contribution in [0.3, 0.4) is 0 Å². The molecule has 0 spiro atoms. The summed E-state index contributed by atoms with van der Waals surface area (Å²) in [4.78, 5) is 14.8. The van der Waals surface area contributed by atoms with Crippen LogP contribution in [0.2, 0.25) is 0 Å². The first-order chi connectivity index (χ1) is 12.7. The van der Waals surface area contributed by atoms with E-state index in [2.05, 4.69) is 18.7 Å². The van der Waals surface area contributed by atoms with E-state index in [1.54, 1.807) is 18.2 Å². The molecular formula is C22H31NO3. The third-order valence-electron chi connectivity index (χ3n) is 4.44. The predicted octanol–water partition coefficient (Wildman–Crippen LogP) is 5.18. The molecule has 0 bridgehead atoms. The van der Waals surface area contributed by atoms with Gasteiger partial charge in [0.15, 0.2) is 5.78 Å². The summed E-state index contributed by atoms with van der Waals surface area (Å²) in [6.45, 7) is 8.62. The highest BCUT2D eigenvalue weighted by Gasteiger charge is 2.10. The lowest BCUT2D eigenvalue weighted by atomic mass is 10.1. The van der Waals surface area contributed by atoms with E-state index in [0.29, 0.717) is 17.7 Å². The van der Waals surface area contributed by atoms with Crippen molar-refractivity contribution in [1.82, 2.24) is 4.90 Å². The predicted molar refractivity (Wildman–Crippen MR) is 105 cm³/mol. The van der Waals surface area contributed by atoms with Crippen molar-refractivity contribution in [1.29, 1.82) is 0 Å². The zero-order chi connectivity index (χ0) is 18.6. The van der Waals surface area contributed by atoms with Crippen LogP contribution in [0.4, 0.5) is 0 Å². The molecule has 0 radical (unpaired) electrons. The fourth-order valence-electron chi connectivity index (χ4n) is 2.84. The zero-order valence-electron chi connectivity index (χ0n) is 16.1. The summed E-state index contributed by atoms with van der Waals surface area (Å²) in [7, 11) is 0. The number of unbranched alkanes of at least 4 members (excludes halogenated alkanes) is 2. The zero-order valence-corrected chi connectivity index (χ0v) is 16.1. The summed E-state index contributed by atoms with van der Waals surface area (Å²) in [5, 5.41) is 0.